The number of hydrogen-bond acceptors (Lipinski definition) is 2. The zero-order valence-corrected chi connectivity index (χ0v) is 13.1. The number of methoxy groups -OCH3 is 1. The second-order valence-electron chi connectivity index (χ2n) is 4.38. The Morgan fingerprint density at radius 1 is 0.900 bits per heavy atom. The van der Waals surface area contributed by atoms with Gasteiger partial charge in [0, 0.05) is 11.1 Å². The topological polar surface area (TPSA) is 22.4 Å². The van der Waals surface area contributed by atoms with Gasteiger partial charge in [-0.25, -0.2) is 0 Å². The van der Waals surface area contributed by atoms with Gasteiger partial charge < -0.3 is 9.15 Å². The molecule has 1 heterocycles. The number of halogens is 1. The first-order valence-corrected chi connectivity index (χ1v) is 7.35. The summed E-state index contributed by atoms with van der Waals surface area (Å²) < 4.78 is 12.3. The molecule has 100 valence electrons. The minimum Gasteiger partial charge on any atom is -0.497 e. The molecule has 0 bridgehead atoms. The molecule has 2 aromatic carbocycles. The smallest absolute Gasteiger partial charge is 0.148 e. The fourth-order valence-corrected chi connectivity index (χ4v) is 2.76. The molecule has 0 radical (unpaired) electrons. The predicted octanol–water partition coefficient (Wildman–Crippen LogP) is 5.23. The van der Waals surface area contributed by atoms with Crippen molar-refractivity contribution in [2.24, 2.45) is 0 Å². The van der Waals surface area contributed by atoms with Crippen LogP contribution in [-0.4, -0.2) is 7.11 Å². The summed E-state index contributed by atoms with van der Waals surface area (Å²) >= 11 is 2.30. The van der Waals surface area contributed by atoms with Crippen molar-refractivity contribution in [1.82, 2.24) is 0 Å². The van der Waals surface area contributed by atoms with E-state index < -0.39 is 0 Å². The molecular weight excluding hydrogens is 363 g/mol. The Morgan fingerprint density at radius 3 is 2.25 bits per heavy atom. The van der Waals surface area contributed by atoms with Crippen LogP contribution in [0.15, 0.2) is 65.1 Å². The molecule has 0 N–H and O–H groups in total. The second-order valence-corrected chi connectivity index (χ2v) is 5.54. The number of furan rings is 1. The molecule has 0 spiro atoms. The van der Waals surface area contributed by atoms with Crippen LogP contribution in [0.1, 0.15) is 0 Å². The van der Waals surface area contributed by atoms with Crippen LogP contribution in [0.3, 0.4) is 0 Å². The molecule has 3 aromatic rings. The molecule has 0 amide bonds. The SMILES string of the molecule is COc1ccc(-c2oc(-c3ccccc3)cc2I)cc1. The zero-order chi connectivity index (χ0) is 13.9. The Hall–Kier alpha value is -1.75. The van der Waals surface area contributed by atoms with Crippen LogP contribution in [0.5, 0.6) is 5.75 Å². The highest BCUT2D eigenvalue weighted by molar-refractivity contribution is 14.1. The lowest BCUT2D eigenvalue weighted by atomic mass is 10.1. The molecule has 1 aromatic heterocycles. The molecule has 0 unspecified atom stereocenters. The van der Waals surface area contributed by atoms with Gasteiger partial charge in [-0.15, -0.1) is 0 Å². The Morgan fingerprint density at radius 2 is 1.60 bits per heavy atom. The largest absolute Gasteiger partial charge is 0.497 e. The zero-order valence-electron chi connectivity index (χ0n) is 11.0. The van der Waals surface area contributed by atoms with Crippen molar-refractivity contribution in [2.75, 3.05) is 7.11 Å². The van der Waals surface area contributed by atoms with Crippen molar-refractivity contribution < 1.29 is 9.15 Å². The van der Waals surface area contributed by atoms with Gasteiger partial charge in [-0.2, -0.15) is 0 Å². The summed E-state index contributed by atoms with van der Waals surface area (Å²) in [4.78, 5) is 0. The average Bonchev–Trinajstić information content (AvgIpc) is 2.90. The third kappa shape index (κ3) is 2.58. The van der Waals surface area contributed by atoms with E-state index in [1.54, 1.807) is 7.11 Å². The van der Waals surface area contributed by atoms with E-state index in [0.29, 0.717) is 0 Å². The van der Waals surface area contributed by atoms with Gasteiger partial charge in [-0.05, 0) is 52.9 Å². The lowest BCUT2D eigenvalue weighted by molar-refractivity contribution is 0.415. The first kappa shape index (κ1) is 13.2. The number of hydrogen-bond donors (Lipinski definition) is 0. The van der Waals surface area contributed by atoms with Crippen molar-refractivity contribution in [2.45, 2.75) is 0 Å². The molecule has 2 nitrogen and oxygen atoms in total. The normalized spacial score (nSPS) is 10.5. The van der Waals surface area contributed by atoms with E-state index in [0.717, 1.165) is 32.0 Å². The highest BCUT2D eigenvalue weighted by Gasteiger charge is 2.12. The number of ether oxygens (including phenoxy) is 1. The lowest BCUT2D eigenvalue weighted by Gasteiger charge is -2.01. The van der Waals surface area contributed by atoms with Gasteiger partial charge in [-0.3, -0.25) is 0 Å². The van der Waals surface area contributed by atoms with Gasteiger partial charge in [0.05, 0.1) is 10.7 Å². The van der Waals surface area contributed by atoms with Crippen LogP contribution in [0.4, 0.5) is 0 Å². The maximum absolute atomic E-state index is 6.01. The average molecular weight is 376 g/mol. The molecule has 0 aliphatic rings. The second kappa shape index (κ2) is 5.71. The van der Waals surface area contributed by atoms with Crippen LogP contribution >= 0.6 is 22.6 Å². The summed E-state index contributed by atoms with van der Waals surface area (Å²) in [5, 5.41) is 0. The van der Waals surface area contributed by atoms with E-state index in [1.807, 2.05) is 54.6 Å². The van der Waals surface area contributed by atoms with Crippen molar-refractivity contribution in [3.63, 3.8) is 0 Å². The van der Waals surface area contributed by atoms with Crippen LogP contribution in [-0.2, 0) is 0 Å². The quantitative estimate of drug-likeness (QED) is 0.585. The molecular formula is C17H13IO2. The van der Waals surface area contributed by atoms with E-state index >= 15 is 0 Å². The van der Waals surface area contributed by atoms with Gasteiger partial charge in [0.1, 0.15) is 17.3 Å². The van der Waals surface area contributed by atoms with Crippen LogP contribution in [0.2, 0.25) is 0 Å². The predicted molar refractivity (Wildman–Crippen MR) is 88.8 cm³/mol. The monoisotopic (exact) mass is 376 g/mol. The molecule has 0 saturated carbocycles. The Balaban J connectivity index is 2.00. The maximum Gasteiger partial charge on any atom is 0.148 e. The fourth-order valence-electron chi connectivity index (χ4n) is 2.05. The summed E-state index contributed by atoms with van der Waals surface area (Å²) in [6.45, 7) is 0. The first-order valence-electron chi connectivity index (χ1n) is 6.27. The van der Waals surface area contributed by atoms with Crippen molar-refractivity contribution >= 4 is 22.6 Å². The van der Waals surface area contributed by atoms with E-state index in [4.69, 9.17) is 9.15 Å². The minimum atomic E-state index is 0.846. The van der Waals surface area contributed by atoms with E-state index in [1.165, 1.54) is 0 Å². The molecule has 0 atom stereocenters. The highest BCUT2D eigenvalue weighted by Crippen LogP contribution is 2.34. The van der Waals surface area contributed by atoms with Gasteiger partial charge in [0.2, 0.25) is 0 Å². The van der Waals surface area contributed by atoms with Gasteiger partial charge in [0.25, 0.3) is 0 Å². The Bertz CT molecular complexity index is 700. The summed E-state index contributed by atoms with van der Waals surface area (Å²) in [6, 6.07) is 20.1. The molecule has 3 rings (SSSR count). The van der Waals surface area contributed by atoms with E-state index in [2.05, 4.69) is 28.7 Å². The summed E-state index contributed by atoms with van der Waals surface area (Å²) in [7, 11) is 1.67. The van der Waals surface area contributed by atoms with Crippen molar-refractivity contribution in [1.29, 1.82) is 0 Å². The fraction of sp³-hybridized carbons (Fsp3) is 0.0588. The summed E-state index contributed by atoms with van der Waals surface area (Å²) in [5.41, 5.74) is 2.14. The van der Waals surface area contributed by atoms with Gasteiger partial charge >= 0.3 is 0 Å². The third-order valence-corrected chi connectivity index (χ3v) is 3.90. The number of rotatable bonds is 3. The molecule has 20 heavy (non-hydrogen) atoms. The van der Waals surface area contributed by atoms with E-state index in [-0.39, 0.29) is 0 Å². The molecule has 3 heteroatoms. The summed E-state index contributed by atoms with van der Waals surface area (Å²) in [6.07, 6.45) is 0. The van der Waals surface area contributed by atoms with Gasteiger partial charge in [-0.1, -0.05) is 30.3 Å². The van der Waals surface area contributed by atoms with Crippen molar-refractivity contribution in [3.05, 3.63) is 64.2 Å². The lowest BCUT2D eigenvalue weighted by Crippen LogP contribution is -1.82. The van der Waals surface area contributed by atoms with Crippen molar-refractivity contribution in [3.8, 4) is 28.4 Å². The Labute approximate surface area is 131 Å². The number of benzene rings is 2. The Kier molecular flexibility index (Phi) is 3.78. The highest BCUT2D eigenvalue weighted by atomic mass is 127. The van der Waals surface area contributed by atoms with E-state index in [9.17, 15) is 0 Å². The minimum absolute atomic E-state index is 0.846. The van der Waals surface area contributed by atoms with Crippen LogP contribution < -0.4 is 4.74 Å². The molecule has 0 aliphatic heterocycles. The molecule has 0 saturated heterocycles. The van der Waals surface area contributed by atoms with Gasteiger partial charge in [0.15, 0.2) is 0 Å². The maximum atomic E-state index is 6.01. The third-order valence-electron chi connectivity index (χ3n) is 3.10. The first-order chi connectivity index (χ1) is 9.78. The molecule has 0 aliphatic carbocycles. The standard InChI is InChI=1S/C17H13IO2/c1-19-14-9-7-13(8-10-14)17-15(18)11-16(20-17)12-5-3-2-4-6-12/h2-11H,1H3. The molecule has 0 fully saturated rings. The van der Waals surface area contributed by atoms with Crippen LogP contribution in [0.25, 0.3) is 22.6 Å². The summed E-state index contributed by atoms with van der Waals surface area (Å²) in [5.74, 6) is 2.63. The van der Waals surface area contributed by atoms with Crippen LogP contribution in [0, 0.1) is 3.57 Å².